The van der Waals surface area contributed by atoms with Crippen molar-refractivity contribution < 1.29 is 27.6 Å². The minimum absolute atomic E-state index is 0.0394. The molecule has 0 spiro atoms. The molecular formula is C16H24F2N4O4. The zero-order chi connectivity index (χ0) is 19.2. The smallest absolute Gasteiger partial charge is 0.417 e. The molecule has 1 aliphatic carbocycles. The standard InChI is InChI=1S/C16H24F2N4O4/c1-2-11(9-25-15-21-14(22-26-15)10-3-4-10)20-13(24)6-8-16(17,18)7-5-12(19)23/h10-11H,2-9H2,1H3,(H2,19,23)(H,20,24). The van der Waals surface area contributed by atoms with E-state index in [2.05, 4.69) is 15.5 Å². The summed E-state index contributed by atoms with van der Waals surface area (Å²) in [5, 5.41) is 6.45. The number of carbonyl (C=O) groups excluding carboxylic acids is 2. The first-order valence-corrected chi connectivity index (χ1v) is 8.71. The number of nitrogens with one attached hydrogen (secondary N) is 1. The number of ether oxygens (including phenoxy) is 1. The van der Waals surface area contributed by atoms with Gasteiger partial charge in [-0.2, -0.15) is 4.98 Å². The largest absolute Gasteiger partial charge is 0.447 e. The Morgan fingerprint density at radius 3 is 2.69 bits per heavy atom. The zero-order valence-corrected chi connectivity index (χ0v) is 14.7. The van der Waals surface area contributed by atoms with E-state index < -0.39 is 37.0 Å². The number of rotatable bonds is 12. The summed E-state index contributed by atoms with van der Waals surface area (Å²) < 4.78 is 37.5. The molecule has 8 nitrogen and oxygen atoms in total. The Kier molecular flexibility index (Phi) is 6.87. The summed E-state index contributed by atoms with van der Waals surface area (Å²) in [4.78, 5) is 26.6. The van der Waals surface area contributed by atoms with Crippen LogP contribution in [0.1, 0.15) is 63.6 Å². The Hall–Kier alpha value is -2.26. The van der Waals surface area contributed by atoms with Gasteiger partial charge in [0.05, 0.1) is 6.04 Å². The second kappa shape index (κ2) is 8.91. The van der Waals surface area contributed by atoms with Crippen LogP contribution in [-0.2, 0) is 9.59 Å². The van der Waals surface area contributed by atoms with Gasteiger partial charge in [0.15, 0.2) is 5.82 Å². The van der Waals surface area contributed by atoms with Crippen molar-refractivity contribution in [3.05, 3.63) is 5.82 Å². The van der Waals surface area contributed by atoms with Crippen molar-refractivity contribution in [3.63, 3.8) is 0 Å². The number of nitrogens with zero attached hydrogens (tertiary/aromatic N) is 2. The quantitative estimate of drug-likeness (QED) is 0.576. The van der Waals surface area contributed by atoms with Gasteiger partial charge in [0.1, 0.15) is 6.61 Å². The van der Waals surface area contributed by atoms with E-state index in [4.69, 9.17) is 15.0 Å². The third-order valence-corrected chi connectivity index (χ3v) is 4.09. The number of halogens is 2. The molecule has 0 saturated heterocycles. The van der Waals surface area contributed by atoms with Crippen LogP contribution in [0.3, 0.4) is 0 Å². The number of hydrogen-bond acceptors (Lipinski definition) is 6. The van der Waals surface area contributed by atoms with E-state index in [-0.39, 0.29) is 25.1 Å². The molecule has 146 valence electrons. The van der Waals surface area contributed by atoms with Gasteiger partial charge >= 0.3 is 6.08 Å². The van der Waals surface area contributed by atoms with Crippen molar-refractivity contribution in [1.29, 1.82) is 0 Å². The number of alkyl halides is 2. The first-order valence-electron chi connectivity index (χ1n) is 8.71. The topological polar surface area (TPSA) is 120 Å². The summed E-state index contributed by atoms with van der Waals surface area (Å²) >= 11 is 0. The molecule has 2 rings (SSSR count). The van der Waals surface area contributed by atoms with Gasteiger partial charge in [0, 0.05) is 31.6 Å². The Labute approximate surface area is 149 Å². The highest BCUT2D eigenvalue weighted by molar-refractivity contribution is 5.76. The average molecular weight is 374 g/mol. The monoisotopic (exact) mass is 374 g/mol. The van der Waals surface area contributed by atoms with Crippen LogP contribution >= 0.6 is 0 Å². The maximum atomic E-state index is 13.6. The zero-order valence-electron chi connectivity index (χ0n) is 14.7. The number of hydrogen-bond donors (Lipinski definition) is 2. The number of nitrogens with two attached hydrogens (primary N) is 1. The van der Waals surface area contributed by atoms with Crippen LogP contribution in [0, 0.1) is 0 Å². The molecule has 1 aliphatic rings. The van der Waals surface area contributed by atoms with E-state index >= 15 is 0 Å². The van der Waals surface area contributed by atoms with Crippen molar-refractivity contribution in [2.24, 2.45) is 5.73 Å². The normalized spacial score (nSPS) is 15.5. The molecule has 0 aromatic carbocycles. The van der Waals surface area contributed by atoms with E-state index in [1.807, 2.05) is 6.92 Å². The number of aromatic nitrogens is 2. The molecule has 1 fully saturated rings. The lowest BCUT2D eigenvalue weighted by molar-refractivity contribution is -0.124. The first kappa shape index (κ1) is 20.1. The molecular weight excluding hydrogens is 350 g/mol. The highest BCUT2D eigenvalue weighted by Crippen LogP contribution is 2.38. The SMILES string of the molecule is CCC(COc1nc(C2CC2)no1)NC(=O)CCC(F)(F)CCC(N)=O. The van der Waals surface area contributed by atoms with Gasteiger partial charge in [-0.05, 0) is 19.3 Å². The van der Waals surface area contributed by atoms with Gasteiger partial charge in [-0.3, -0.25) is 14.1 Å². The fraction of sp³-hybridized carbons (Fsp3) is 0.750. The van der Waals surface area contributed by atoms with Crippen molar-refractivity contribution in [3.8, 4) is 6.08 Å². The van der Waals surface area contributed by atoms with Crippen LogP contribution in [0.15, 0.2) is 4.52 Å². The van der Waals surface area contributed by atoms with Gasteiger partial charge in [0.2, 0.25) is 17.7 Å². The summed E-state index contributed by atoms with van der Waals surface area (Å²) in [5.41, 5.74) is 4.86. The van der Waals surface area contributed by atoms with Gasteiger partial charge in [-0.25, -0.2) is 8.78 Å². The summed E-state index contributed by atoms with van der Waals surface area (Å²) in [5.74, 6) is -3.44. The molecule has 1 aromatic heterocycles. The Bertz CT molecular complexity index is 619. The van der Waals surface area contributed by atoms with E-state index in [1.54, 1.807) is 0 Å². The lowest BCUT2D eigenvalue weighted by Gasteiger charge is -2.18. The van der Waals surface area contributed by atoms with Crippen molar-refractivity contribution >= 4 is 11.8 Å². The second-order valence-electron chi connectivity index (χ2n) is 6.50. The van der Waals surface area contributed by atoms with Gasteiger partial charge in [-0.1, -0.05) is 12.1 Å². The lowest BCUT2D eigenvalue weighted by Crippen LogP contribution is -2.39. The fourth-order valence-corrected chi connectivity index (χ4v) is 2.25. The molecule has 2 amide bonds. The minimum Gasteiger partial charge on any atom is -0.447 e. The average Bonchev–Trinajstić information content (AvgIpc) is 3.34. The third kappa shape index (κ3) is 6.93. The lowest BCUT2D eigenvalue weighted by atomic mass is 10.1. The van der Waals surface area contributed by atoms with Crippen LogP contribution in [0.2, 0.25) is 0 Å². The highest BCUT2D eigenvalue weighted by atomic mass is 19.3. The molecule has 0 radical (unpaired) electrons. The summed E-state index contributed by atoms with van der Waals surface area (Å²) in [6.45, 7) is 1.94. The predicted molar refractivity (Wildman–Crippen MR) is 86.6 cm³/mol. The first-order chi connectivity index (χ1) is 12.3. The molecule has 1 saturated carbocycles. The molecule has 1 unspecified atom stereocenters. The summed E-state index contributed by atoms with van der Waals surface area (Å²) in [7, 11) is 0. The van der Waals surface area contributed by atoms with Crippen LogP contribution in [0.4, 0.5) is 8.78 Å². The molecule has 26 heavy (non-hydrogen) atoms. The maximum absolute atomic E-state index is 13.6. The summed E-state index contributed by atoms with van der Waals surface area (Å²) in [6, 6.07) is -0.363. The number of carbonyl (C=O) groups is 2. The van der Waals surface area contributed by atoms with Crippen LogP contribution in [-0.4, -0.2) is 40.5 Å². The van der Waals surface area contributed by atoms with Crippen LogP contribution in [0.5, 0.6) is 6.08 Å². The molecule has 10 heteroatoms. The number of amides is 2. The summed E-state index contributed by atoms with van der Waals surface area (Å²) in [6.07, 6.45) is 0.606. The van der Waals surface area contributed by atoms with E-state index in [9.17, 15) is 18.4 Å². The highest BCUT2D eigenvalue weighted by Gasteiger charge is 2.31. The minimum atomic E-state index is -3.10. The van der Waals surface area contributed by atoms with Crippen molar-refractivity contribution in [2.75, 3.05) is 6.61 Å². The van der Waals surface area contributed by atoms with Crippen LogP contribution < -0.4 is 15.8 Å². The fourth-order valence-electron chi connectivity index (χ4n) is 2.25. The van der Waals surface area contributed by atoms with Crippen molar-refractivity contribution in [2.45, 2.75) is 69.8 Å². The van der Waals surface area contributed by atoms with E-state index in [0.717, 1.165) is 12.8 Å². The van der Waals surface area contributed by atoms with E-state index in [1.165, 1.54) is 0 Å². The Morgan fingerprint density at radius 1 is 1.38 bits per heavy atom. The van der Waals surface area contributed by atoms with E-state index in [0.29, 0.717) is 18.2 Å². The molecule has 3 N–H and O–H groups in total. The second-order valence-corrected chi connectivity index (χ2v) is 6.50. The number of primary amides is 1. The van der Waals surface area contributed by atoms with Gasteiger partial charge in [-0.15, -0.1) is 0 Å². The molecule has 1 atom stereocenters. The third-order valence-electron chi connectivity index (χ3n) is 4.09. The van der Waals surface area contributed by atoms with Gasteiger partial charge < -0.3 is 15.8 Å². The molecule has 1 heterocycles. The maximum Gasteiger partial charge on any atom is 0.417 e. The Morgan fingerprint density at radius 2 is 2.08 bits per heavy atom. The molecule has 1 aromatic rings. The predicted octanol–water partition coefficient (Wildman–Crippen LogP) is 1.90. The van der Waals surface area contributed by atoms with Crippen LogP contribution in [0.25, 0.3) is 0 Å². The Balaban J connectivity index is 1.70. The van der Waals surface area contributed by atoms with Crippen molar-refractivity contribution in [1.82, 2.24) is 15.5 Å². The molecule has 0 aliphatic heterocycles. The molecule has 0 bridgehead atoms. The van der Waals surface area contributed by atoms with Gasteiger partial charge in [0.25, 0.3) is 0 Å².